The quantitative estimate of drug-likeness (QED) is 0.233. The van der Waals surface area contributed by atoms with Gasteiger partial charge in [0.25, 0.3) is 5.91 Å². The van der Waals surface area contributed by atoms with Crippen LogP contribution in [-0.2, 0) is 11.3 Å². The van der Waals surface area contributed by atoms with Gasteiger partial charge in [-0.05, 0) is 48.7 Å². The van der Waals surface area contributed by atoms with E-state index in [9.17, 15) is 9.90 Å². The molecule has 1 atom stereocenters. The van der Waals surface area contributed by atoms with Crippen LogP contribution in [0.25, 0.3) is 0 Å². The Morgan fingerprint density at radius 2 is 1.88 bits per heavy atom. The molecule has 2 N–H and O–H groups in total. The van der Waals surface area contributed by atoms with Gasteiger partial charge in [-0.25, -0.2) is 4.98 Å². The van der Waals surface area contributed by atoms with E-state index in [0.717, 1.165) is 16.8 Å². The Labute approximate surface area is 250 Å². The molecule has 3 aromatic carbocycles. The molecule has 0 spiro atoms. The van der Waals surface area contributed by atoms with Gasteiger partial charge in [0.1, 0.15) is 35.6 Å². The zero-order chi connectivity index (χ0) is 30.3. The summed E-state index contributed by atoms with van der Waals surface area (Å²) in [6.45, 7) is 8.45. The Morgan fingerprint density at radius 1 is 1.09 bits per heavy atom. The lowest BCUT2D eigenvalue weighted by atomic mass is 9.85. The van der Waals surface area contributed by atoms with Crippen LogP contribution in [0, 0.1) is 19.3 Å². The number of aromatic nitrogens is 1. The van der Waals surface area contributed by atoms with E-state index >= 15 is 0 Å². The van der Waals surface area contributed by atoms with Crippen molar-refractivity contribution in [1.82, 2.24) is 4.98 Å². The number of ether oxygens (including phenoxy) is 3. The van der Waals surface area contributed by atoms with Crippen molar-refractivity contribution in [3.8, 4) is 17.2 Å². The van der Waals surface area contributed by atoms with Crippen molar-refractivity contribution in [2.24, 2.45) is 5.41 Å². The number of nitrogens with zero attached hydrogens (tertiary/aromatic N) is 2. The SMILES string of the molecule is COc1ccc(C2C3=C(CC(C)(C)CO3)Nc3c(O)cccc3N2C(=O)c2nc(C)oc2C)cc1OCc1ccccc1. The highest BCUT2D eigenvalue weighted by atomic mass is 16.5. The summed E-state index contributed by atoms with van der Waals surface area (Å²) >= 11 is 0. The molecule has 1 aromatic heterocycles. The molecule has 1 amide bonds. The van der Waals surface area contributed by atoms with Crippen molar-refractivity contribution < 1.29 is 28.5 Å². The van der Waals surface area contributed by atoms with Gasteiger partial charge in [-0.3, -0.25) is 9.69 Å². The molecule has 9 heteroatoms. The molecule has 1 unspecified atom stereocenters. The summed E-state index contributed by atoms with van der Waals surface area (Å²) in [5, 5.41) is 14.5. The summed E-state index contributed by atoms with van der Waals surface area (Å²) in [6, 6.07) is 19.9. The van der Waals surface area contributed by atoms with Gasteiger partial charge in [-0.2, -0.15) is 0 Å². The molecule has 0 bridgehead atoms. The highest BCUT2D eigenvalue weighted by Crippen LogP contribution is 2.50. The van der Waals surface area contributed by atoms with Crippen LogP contribution >= 0.6 is 0 Å². The number of allylic oxidation sites excluding steroid dienone is 1. The van der Waals surface area contributed by atoms with Gasteiger partial charge >= 0.3 is 0 Å². The minimum absolute atomic E-state index is 0.0147. The van der Waals surface area contributed by atoms with E-state index < -0.39 is 11.9 Å². The minimum atomic E-state index is -0.726. The molecule has 222 valence electrons. The fraction of sp³-hybridized carbons (Fsp3) is 0.294. The molecule has 3 heterocycles. The van der Waals surface area contributed by atoms with Crippen molar-refractivity contribution in [2.45, 2.75) is 46.8 Å². The van der Waals surface area contributed by atoms with Crippen LogP contribution in [0.2, 0.25) is 0 Å². The number of para-hydroxylation sites is 1. The summed E-state index contributed by atoms with van der Waals surface area (Å²) in [6.07, 6.45) is 0.643. The van der Waals surface area contributed by atoms with E-state index in [4.69, 9.17) is 18.6 Å². The number of amides is 1. The zero-order valence-corrected chi connectivity index (χ0v) is 24.9. The van der Waals surface area contributed by atoms with Crippen LogP contribution in [-0.4, -0.2) is 29.7 Å². The molecular weight excluding hydrogens is 546 g/mol. The lowest BCUT2D eigenvalue weighted by Gasteiger charge is -2.37. The van der Waals surface area contributed by atoms with Gasteiger partial charge < -0.3 is 29.1 Å². The monoisotopic (exact) mass is 581 g/mol. The summed E-state index contributed by atoms with van der Waals surface area (Å²) < 4.78 is 24.1. The number of anilines is 2. The largest absolute Gasteiger partial charge is 0.506 e. The van der Waals surface area contributed by atoms with Crippen molar-refractivity contribution >= 4 is 17.3 Å². The van der Waals surface area contributed by atoms with E-state index in [1.165, 1.54) is 0 Å². The predicted molar refractivity (Wildman–Crippen MR) is 162 cm³/mol. The standard InChI is InChI=1S/C34H35N3O6/c1-20-29(35-21(2)43-20)33(39)37-25-12-9-13-26(38)30(25)36-24-17-34(3,4)19-42-32(24)31(37)23-14-15-27(40-5)28(16-23)41-18-22-10-7-6-8-11-22/h6-16,31,36,38H,17-19H2,1-5H3. The maximum Gasteiger partial charge on any atom is 0.281 e. The van der Waals surface area contributed by atoms with Gasteiger partial charge in [0.2, 0.25) is 0 Å². The summed E-state index contributed by atoms with van der Waals surface area (Å²) in [4.78, 5) is 20.6. The van der Waals surface area contributed by atoms with Crippen LogP contribution in [0.4, 0.5) is 11.4 Å². The zero-order valence-electron chi connectivity index (χ0n) is 24.9. The number of methoxy groups -OCH3 is 1. The lowest BCUT2D eigenvalue weighted by Crippen LogP contribution is -2.39. The number of oxazole rings is 1. The highest BCUT2D eigenvalue weighted by Gasteiger charge is 2.43. The number of benzene rings is 3. The van der Waals surface area contributed by atoms with Gasteiger partial charge in [0, 0.05) is 12.3 Å². The van der Waals surface area contributed by atoms with Crippen LogP contribution in [0.1, 0.15) is 59.6 Å². The number of phenols is 1. The van der Waals surface area contributed by atoms with E-state index in [0.29, 0.717) is 59.9 Å². The van der Waals surface area contributed by atoms with Gasteiger partial charge in [0.15, 0.2) is 23.1 Å². The van der Waals surface area contributed by atoms with Crippen LogP contribution < -0.4 is 19.7 Å². The second kappa shape index (κ2) is 11.1. The predicted octanol–water partition coefficient (Wildman–Crippen LogP) is 7.06. The Balaban J connectivity index is 1.55. The molecule has 0 radical (unpaired) electrons. The smallest absolute Gasteiger partial charge is 0.281 e. The van der Waals surface area contributed by atoms with Crippen molar-refractivity contribution in [1.29, 1.82) is 0 Å². The molecule has 0 fully saturated rings. The lowest BCUT2D eigenvalue weighted by molar-refractivity contribution is 0.0759. The molecule has 0 saturated heterocycles. The first-order valence-electron chi connectivity index (χ1n) is 14.2. The van der Waals surface area contributed by atoms with E-state index in [1.807, 2.05) is 48.5 Å². The van der Waals surface area contributed by atoms with E-state index in [-0.39, 0.29) is 16.9 Å². The third-order valence-electron chi connectivity index (χ3n) is 7.70. The van der Waals surface area contributed by atoms with Gasteiger partial charge in [-0.15, -0.1) is 0 Å². The summed E-state index contributed by atoms with van der Waals surface area (Å²) in [5.41, 5.74) is 3.44. The van der Waals surface area contributed by atoms with Crippen molar-refractivity contribution in [2.75, 3.05) is 23.9 Å². The molecule has 2 aliphatic rings. The number of aryl methyl sites for hydroxylation is 2. The second-order valence-electron chi connectivity index (χ2n) is 11.7. The van der Waals surface area contributed by atoms with Crippen LogP contribution in [0.15, 0.2) is 82.6 Å². The summed E-state index contributed by atoms with van der Waals surface area (Å²) in [7, 11) is 1.59. The third kappa shape index (κ3) is 5.38. The molecule has 0 aliphatic carbocycles. The number of rotatable bonds is 6. The maximum atomic E-state index is 14.5. The molecule has 4 aromatic rings. The third-order valence-corrected chi connectivity index (χ3v) is 7.70. The molecule has 2 aliphatic heterocycles. The maximum absolute atomic E-state index is 14.5. The molecular formula is C34H35N3O6. The van der Waals surface area contributed by atoms with E-state index in [1.54, 1.807) is 44.1 Å². The number of phenolic OH excluding ortho intramolecular Hbond substituents is 1. The molecule has 9 nitrogen and oxygen atoms in total. The Morgan fingerprint density at radius 3 is 2.60 bits per heavy atom. The van der Waals surface area contributed by atoms with Crippen molar-refractivity contribution in [3.05, 3.63) is 107 Å². The first kappa shape index (κ1) is 28.2. The number of hydrogen-bond donors (Lipinski definition) is 2. The van der Waals surface area contributed by atoms with Gasteiger partial charge in [0.05, 0.1) is 25.1 Å². The van der Waals surface area contributed by atoms with Crippen molar-refractivity contribution in [3.63, 3.8) is 0 Å². The second-order valence-corrected chi connectivity index (χ2v) is 11.7. The number of nitrogens with one attached hydrogen (secondary N) is 1. The van der Waals surface area contributed by atoms with E-state index in [2.05, 4.69) is 24.1 Å². The Hall–Kier alpha value is -4.92. The summed E-state index contributed by atoms with van der Waals surface area (Å²) in [5.74, 6) is 2.08. The average Bonchev–Trinajstić information content (AvgIpc) is 3.26. The number of aromatic hydroxyl groups is 1. The fourth-order valence-electron chi connectivity index (χ4n) is 5.67. The highest BCUT2D eigenvalue weighted by molar-refractivity contribution is 6.09. The fourth-order valence-corrected chi connectivity index (χ4v) is 5.67. The van der Waals surface area contributed by atoms with Crippen LogP contribution in [0.3, 0.4) is 0 Å². The number of carbonyl (C=O) groups is 1. The van der Waals surface area contributed by atoms with Gasteiger partial charge in [-0.1, -0.05) is 56.3 Å². The molecule has 43 heavy (non-hydrogen) atoms. The molecule has 6 rings (SSSR count). The minimum Gasteiger partial charge on any atom is -0.506 e. The van der Waals surface area contributed by atoms with Crippen LogP contribution in [0.5, 0.6) is 17.2 Å². The topological polar surface area (TPSA) is 106 Å². The molecule has 0 saturated carbocycles. The Bertz CT molecular complexity index is 1710. The first-order chi connectivity index (χ1) is 20.6. The number of fused-ring (bicyclic) bond motifs is 1. The normalized spacial score (nSPS) is 17.2. The number of hydrogen-bond acceptors (Lipinski definition) is 8. The average molecular weight is 582 g/mol. The number of carbonyl (C=O) groups excluding carboxylic acids is 1. The first-order valence-corrected chi connectivity index (χ1v) is 14.2. The Kier molecular flexibility index (Phi) is 7.25.